The van der Waals surface area contributed by atoms with Crippen LogP contribution in [-0.2, 0) is 6.54 Å². The predicted molar refractivity (Wildman–Crippen MR) is 103 cm³/mol. The number of benzene rings is 2. The van der Waals surface area contributed by atoms with Gasteiger partial charge in [0.2, 0.25) is 0 Å². The summed E-state index contributed by atoms with van der Waals surface area (Å²) in [6, 6.07) is 16.4. The molecule has 0 amide bonds. The maximum atomic E-state index is 8.84. The van der Waals surface area contributed by atoms with Gasteiger partial charge in [-0.2, -0.15) is 0 Å². The molecule has 0 saturated heterocycles. The van der Waals surface area contributed by atoms with E-state index in [-0.39, 0.29) is 6.61 Å². The molecule has 3 aromatic rings. The lowest BCUT2D eigenvalue weighted by molar-refractivity contribution is 0.286. The van der Waals surface area contributed by atoms with Gasteiger partial charge < -0.3 is 21.1 Å². The molecule has 1 aromatic heterocycles. The Morgan fingerprint density at radius 3 is 2.79 bits per heavy atom. The number of rotatable bonds is 7. The highest BCUT2D eigenvalue weighted by Gasteiger charge is 2.08. The Kier molecular flexibility index (Phi) is 5.25. The lowest BCUT2D eigenvalue weighted by Gasteiger charge is -2.06. The van der Waals surface area contributed by atoms with E-state index in [1.807, 2.05) is 24.3 Å². The van der Waals surface area contributed by atoms with Gasteiger partial charge in [0, 0.05) is 35.3 Å². The summed E-state index contributed by atoms with van der Waals surface area (Å²) in [7, 11) is 0. The molecule has 5 heteroatoms. The molecule has 124 valence electrons. The van der Waals surface area contributed by atoms with E-state index in [2.05, 4.69) is 34.6 Å². The first-order valence-corrected chi connectivity index (χ1v) is 8.42. The van der Waals surface area contributed by atoms with Crippen LogP contribution in [0.2, 0.25) is 0 Å². The van der Waals surface area contributed by atoms with E-state index in [1.54, 1.807) is 0 Å². The normalized spacial score (nSPS) is 11.0. The van der Waals surface area contributed by atoms with Crippen molar-refractivity contribution in [3.05, 3.63) is 59.8 Å². The largest absolute Gasteiger partial charge is 0.396 e. The summed E-state index contributed by atoms with van der Waals surface area (Å²) in [5, 5.41) is 13.3. The lowest BCUT2D eigenvalue weighted by Crippen LogP contribution is -2.15. The highest BCUT2D eigenvalue weighted by molar-refractivity contribution is 7.80. The SMILES string of the molecule is NC(=S)c1cccc(-c2cccc3[nH]c(CNCCCO)cc23)c1. The van der Waals surface area contributed by atoms with Gasteiger partial charge in [-0.3, -0.25) is 0 Å². The van der Waals surface area contributed by atoms with Crippen molar-refractivity contribution < 1.29 is 5.11 Å². The van der Waals surface area contributed by atoms with Crippen LogP contribution in [0, 0.1) is 0 Å². The van der Waals surface area contributed by atoms with Crippen LogP contribution in [0.25, 0.3) is 22.0 Å². The highest BCUT2D eigenvalue weighted by Crippen LogP contribution is 2.29. The number of aromatic nitrogens is 1. The average Bonchev–Trinajstić information content (AvgIpc) is 3.01. The standard InChI is InChI=1S/C19H21N3OS/c20-19(24)14-5-1-4-13(10-14)16-6-2-7-18-17(16)11-15(22-18)12-21-8-3-9-23/h1-2,4-7,10-11,21-23H,3,8-9,12H2,(H2,20,24). The Morgan fingerprint density at radius 1 is 1.17 bits per heavy atom. The van der Waals surface area contributed by atoms with Gasteiger partial charge in [0.25, 0.3) is 0 Å². The quantitative estimate of drug-likeness (QED) is 0.394. The summed E-state index contributed by atoms with van der Waals surface area (Å²) in [6.07, 6.45) is 0.761. The van der Waals surface area contributed by atoms with Crippen molar-refractivity contribution in [3.8, 4) is 11.1 Å². The van der Waals surface area contributed by atoms with Gasteiger partial charge in [0.1, 0.15) is 4.99 Å². The van der Waals surface area contributed by atoms with E-state index in [1.165, 1.54) is 5.39 Å². The van der Waals surface area contributed by atoms with Gasteiger partial charge in [-0.05, 0) is 42.3 Å². The van der Waals surface area contributed by atoms with Crippen LogP contribution in [0.3, 0.4) is 0 Å². The average molecular weight is 339 g/mol. The number of nitrogens with two attached hydrogens (primary N) is 1. The maximum Gasteiger partial charge on any atom is 0.104 e. The zero-order valence-electron chi connectivity index (χ0n) is 13.4. The molecule has 0 aliphatic rings. The molecule has 0 aliphatic heterocycles. The van der Waals surface area contributed by atoms with E-state index >= 15 is 0 Å². The lowest BCUT2D eigenvalue weighted by atomic mass is 10.00. The highest BCUT2D eigenvalue weighted by atomic mass is 32.1. The summed E-state index contributed by atoms with van der Waals surface area (Å²) >= 11 is 5.09. The van der Waals surface area contributed by atoms with Crippen LogP contribution in [0.15, 0.2) is 48.5 Å². The van der Waals surface area contributed by atoms with Gasteiger partial charge in [0.15, 0.2) is 0 Å². The minimum Gasteiger partial charge on any atom is -0.396 e. The van der Waals surface area contributed by atoms with Crippen LogP contribution in [-0.4, -0.2) is 28.2 Å². The smallest absolute Gasteiger partial charge is 0.104 e. The fraction of sp³-hybridized carbons (Fsp3) is 0.211. The topological polar surface area (TPSA) is 74.1 Å². The fourth-order valence-electron chi connectivity index (χ4n) is 2.83. The van der Waals surface area contributed by atoms with E-state index in [9.17, 15) is 0 Å². The van der Waals surface area contributed by atoms with E-state index in [4.69, 9.17) is 23.1 Å². The van der Waals surface area contributed by atoms with E-state index < -0.39 is 0 Å². The molecule has 3 rings (SSSR count). The molecule has 2 aromatic carbocycles. The molecule has 0 radical (unpaired) electrons. The Hall–Kier alpha value is -2.21. The summed E-state index contributed by atoms with van der Waals surface area (Å²) < 4.78 is 0. The molecular formula is C19H21N3OS. The van der Waals surface area contributed by atoms with Crippen molar-refractivity contribution in [1.29, 1.82) is 0 Å². The zero-order chi connectivity index (χ0) is 16.9. The molecule has 1 heterocycles. The monoisotopic (exact) mass is 339 g/mol. The molecule has 0 unspecified atom stereocenters. The summed E-state index contributed by atoms with van der Waals surface area (Å²) in [4.78, 5) is 3.85. The van der Waals surface area contributed by atoms with E-state index in [0.29, 0.717) is 4.99 Å². The van der Waals surface area contributed by atoms with Crippen molar-refractivity contribution in [2.75, 3.05) is 13.2 Å². The number of fused-ring (bicyclic) bond motifs is 1. The van der Waals surface area contributed by atoms with Gasteiger partial charge >= 0.3 is 0 Å². The molecule has 0 saturated carbocycles. The first kappa shape index (κ1) is 16.6. The number of nitrogens with one attached hydrogen (secondary N) is 2. The fourth-order valence-corrected chi connectivity index (χ4v) is 2.95. The van der Waals surface area contributed by atoms with Crippen LogP contribution in [0.4, 0.5) is 0 Å². The molecule has 0 aliphatic carbocycles. The van der Waals surface area contributed by atoms with Crippen molar-refractivity contribution in [2.24, 2.45) is 5.73 Å². The predicted octanol–water partition coefficient (Wildman–Crippen LogP) is 2.94. The van der Waals surface area contributed by atoms with Crippen LogP contribution >= 0.6 is 12.2 Å². The Bertz CT molecular complexity index is 857. The third-order valence-electron chi connectivity index (χ3n) is 4.01. The number of aliphatic hydroxyl groups excluding tert-OH is 1. The molecule has 0 spiro atoms. The maximum absolute atomic E-state index is 8.84. The van der Waals surface area contributed by atoms with Crippen LogP contribution in [0.1, 0.15) is 17.7 Å². The number of aromatic amines is 1. The zero-order valence-corrected chi connectivity index (χ0v) is 14.2. The van der Waals surface area contributed by atoms with Gasteiger partial charge in [-0.15, -0.1) is 0 Å². The number of thiocarbonyl (C=S) groups is 1. The second-order valence-electron chi connectivity index (χ2n) is 5.76. The van der Waals surface area contributed by atoms with E-state index in [0.717, 1.165) is 47.4 Å². The minimum atomic E-state index is 0.212. The van der Waals surface area contributed by atoms with Gasteiger partial charge in [0.05, 0.1) is 0 Å². The molecular weight excluding hydrogens is 318 g/mol. The Labute approximate surface area is 146 Å². The van der Waals surface area contributed by atoms with Crippen LogP contribution in [0.5, 0.6) is 0 Å². The molecule has 0 atom stereocenters. The number of hydrogen-bond donors (Lipinski definition) is 4. The van der Waals surface area contributed by atoms with Crippen LogP contribution < -0.4 is 11.1 Å². The second-order valence-corrected chi connectivity index (χ2v) is 6.20. The molecule has 0 fully saturated rings. The van der Waals surface area contributed by atoms with Gasteiger partial charge in [-0.25, -0.2) is 0 Å². The summed E-state index contributed by atoms with van der Waals surface area (Å²) in [5.41, 5.74) is 11.1. The molecule has 0 bridgehead atoms. The first-order chi connectivity index (χ1) is 11.7. The van der Waals surface area contributed by atoms with Crippen molar-refractivity contribution >= 4 is 28.1 Å². The number of H-pyrrole nitrogens is 1. The molecule has 4 nitrogen and oxygen atoms in total. The third-order valence-corrected chi connectivity index (χ3v) is 4.24. The summed E-state index contributed by atoms with van der Waals surface area (Å²) in [5.74, 6) is 0. The first-order valence-electron chi connectivity index (χ1n) is 8.01. The Balaban J connectivity index is 1.92. The molecule has 5 N–H and O–H groups in total. The van der Waals surface area contributed by atoms with Gasteiger partial charge in [-0.1, -0.05) is 42.5 Å². The second kappa shape index (κ2) is 7.57. The molecule has 24 heavy (non-hydrogen) atoms. The third kappa shape index (κ3) is 3.64. The van der Waals surface area contributed by atoms with Crippen molar-refractivity contribution in [1.82, 2.24) is 10.3 Å². The van der Waals surface area contributed by atoms with Crippen molar-refractivity contribution in [3.63, 3.8) is 0 Å². The number of hydrogen-bond acceptors (Lipinski definition) is 3. The Morgan fingerprint density at radius 2 is 2.00 bits per heavy atom. The summed E-state index contributed by atoms with van der Waals surface area (Å²) in [6.45, 7) is 1.76. The van der Waals surface area contributed by atoms with Crippen molar-refractivity contribution in [2.45, 2.75) is 13.0 Å². The number of aliphatic hydroxyl groups is 1. The minimum absolute atomic E-state index is 0.212.